The quantitative estimate of drug-likeness (QED) is 0.0278. The van der Waals surface area contributed by atoms with Gasteiger partial charge in [0.05, 0.1) is 137 Å². The number of nitrogens with zero attached hydrogens (tertiary/aromatic N) is 6. The molecule has 0 aliphatic carbocycles. The van der Waals surface area contributed by atoms with Gasteiger partial charge in [0.15, 0.2) is 17.3 Å². The van der Waals surface area contributed by atoms with Gasteiger partial charge in [0.2, 0.25) is 0 Å². The van der Waals surface area contributed by atoms with Crippen LogP contribution in [0, 0.1) is 0 Å². The maximum absolute atomic E-state index is 12.0. The van der Waals surface area contributed by atoms with E-state index in [9.17, 15) is 19.5 Å². The lowest BCUT2D eigenvalue weighted by Crippen LogP contribution is -2.47. The lowest BCUT2D eigenvalue weighted by Gasteiger charge is -2.40. The number of methoxy groups -OCH3 is 2. The first-order valence-electron chi connectivity index (χ1n) is 43.1. The van der Waals surface area contributed by atoms with E-state index in [0.29, 0.717) is 132 Å². The number of rotatable bonds is 50. The minimum Gasteiger partial charge on any atom is -0.508 e. The van der Waals surface area contributed by atoms with Crippen molar-refractivity contribution < 1.29 is 76.3 Å². The van der Waals surface area contributed by atoms with Crippen LogP contribution in [0.1, 0.15) is 120 Å². The largest absolute Gasteiger partial charge is 0.508 e. The summed E-state index contributed by atoms with van der Waals surface area (Å²) in [5, 5.41) is 10.1. The molecule has 3 unspecified atom stereocenters. The van der Waals surface area contributed by atoms with Gasteiger partial charge in [-0.2, -0.15) is 0 Å². The van der Waals surface area contributed by atoms with Gasteiger partial charge in [-0.1, -0.05) is 200 Å². The fourth-order valence-corrected chi connectivity index (χ4v) is 15.1. The third-order valence-electron chi connectivity index (χ3n) is 21.6. The molecule has 3 fully saturated rings. The van der Waals surface area contributed by atoms with Gasteiger partial charge in [-0.3, -0.25) is 43.8 Å². The molecular weight excluding hydrogens is 1540 g/mol. The van der Waals surface area contributed by atoms with Crippen LogP contribution in [0.25, 0.3) is 0 Å². The van der Waals surface area contributed by atoms with E-state index in [0.717, 1.165) is 149 Å². The van der Waals surface area contributed by atoms with Crippen molar-refractivity contribution in [2.75, 3.05) is 225 Å². The first-order valence-corrected chi connectivity index (χ1v) is 43.1. The van der Waals surface area contributed by atoms with Crippen LogP contribution in [-0.2, 0) is 67.0 Å². The summed E-state index contributed by atoms with van der Waals surface area (Å²) in [5.74, 6) is 2.14. The van der Waals surface area contributed by atoms with Crippen molar-refractivity contribution in [1.29, 1.82) is 0 Å². The van der Waals surface area contributed by atoms with E-state index in [4.69, 9.17) is 56.8 Å². The van der Waals surface area contributed by atoms with Crippen LogP contribution in [0.5, 0.6) is 17.2 Å². The van der Waals surface area contributed by atoms with Crippen molar-refractivity contribution in [2.45, 2.75) is 58.5 Å². The summed E-state index contributed by atoms with van der Waals surface area (Å²) >= 11 is 0. The molecule has 0 aromatic heterocycles. The standard InChI is InChI=1S/C41H58N2O9.C33H42N2O5.C26H28N2O2/c1-35(44)37-11-13-38(14-12-37)41(43-17-15-42(16-18-43)34-36-7-4-3-5-8-36)39-9-6-10-40(33-39)52-32-31-51-30-29-50-28-27-49-26-25-48-24-23-47-22-21-46-20-19-45-2;1-27(36)29-11-13-30(14-12-29)33(35-17-15-34(16-18-35)26-28-7-4-3-5-8-28)31-9-6-10-32(25-31)40-24-23-39-22-21-38-20-19-37-2;1-20(29)22-10-12-23(13-11-22)26(24-8-5-9-25(30)18-24)28-16-14-27(15-17-28)19-21-6-3-2-4-7-21/h3-14,33,41H,15-32,34H2,1-2H3;3-14,25,33H,15-24,26H2,1-2H3;2-13,18,26,30H,14-17,19H2,1H3. The van der Waals surface area contributed by atoms with Crippen LogP contribution in [0.2, 0.25) is 0 Å². The van der Waals surface area contributed by atoms with Crippen molar-refractivity contribution in [3.05, 3.63) is 303 Å². The Bertz CT molecular complexity index is 4360. The summed E-state index contributed by atoms with van der Waals surface area (Å²) in [6.45, 7) is 29.8. The summed E-state index contributed by atoms with van der Waals surface area (Å²) < 4.78 is 66.2. The van der Waals surface area contributed by atoms with Gasteiger partial charge in [-0.15, -0.1) is 0 Å². The third kappa shape index (κ3) is 33.8. The highest BCUT2D eigenvalue weighted by Gasteiger charge is 2.31. The maximum Gasteiger partial charge on any atom is 0.159 e. The second-order valence-corrected chi connectivity index (χ2v) is 30.5. The minimum atomic E-state index is 0.0513. The van der Waals surface area contributed by atoms with Crippen LogP contribution in [0.15, 0.2) is 237 Å². The molecule has 122 heavy (non-hydrogen) atoms. The van der Waals surface area contributed by atoms with E-state index < -0.39 is 0 Å². The lowest BCUT2D eigenvalue weighted by molar-refractivity contribution is -0.0199. The topological polar surface area (TPSA) is 202 Å². The molecule has 0 saturated carbocycles. The van der Waals surface area contributed by atoms with Gasteiger partial charge in [0.25, 0.3) is 0 Å². The molecule has 0 bridgehead atoms. The molecule has 22 nitrogen and oxygen atoms in total. The molecule has 9 aromatic rings. The van der Waals surface area contributed by atoms with Crippen molar-refractivity contribution in [3.63, 3.8) is 0 Å². The van der Waals surface area contributed by atoms with Gasteiger partial charge >= 0.3 is 0 Å². The lowest BCUT2D eigenvalue weighted by atomic mass is 9.94. The average Bonchev–Trinajstić information content (AvgIpc) is 0.809. The number of carbonyl (C=O) groups is 3. The molecule has 0 amide bonds. The zero-order valence-corrected chi connectivity index (χ0v) is 72.3. The summed E-state index contributed by atoms with van der Waals surface area (Å²) in [6.07, 6.45) is 0. The highest BCUT2D eigenvalue weighted by atomic mass is 16.6. The molecule has 9 aromatic carbocycles. The molecule has 3 saturated heterocycles. The Morgan fingerprint density at radius 1 is 0.270 bits per heavy atom. The summed E-state index contributed by atoms with van der Waals surface area (Å²) in [6, 6.07) is 80.3. The highest BCUT2D eigenvalue weighted by molar-refractivity contribution is 5.95. The second-order valence-electron chi connectivity index (χ2n) is 30.5. The number of carbonyl (C=O) groups excluding carboxylic acids is 3. The first-order chi connectivity index (χ1) is 59.9. The number of hydrogen-bond acceptors (Lipinski definition) is 22. The summed E-state index contributed by atoms with van der Waals surface area (Å²) in [7, 11) is 3.31. The zero-order chi connectivity index (χ0) is 85.4. The van der Waals surface area contributed by atoms with E-state index in [-0.39, 0.29) is 41.2 Å². The normalized spacial score (nSPS) is 15.1. The maximum atomic E-state index is 12.0. The van der Waals surface area contributed by atoms with Gasteiger partial charge < -0.3 is 61.9 Å². The Morgan fingerprint density at radius 2 is 0.516 bits per heavy atom. The molecule has 12 rings (SSSR count). The van der Waals surface area contributed by atoms with Crippen molar-refractivity contribution in [2.24, 2.45) is 0 Å². The first kappa shape index (κ1) is 95.0. The Kier molecular flexibility index (Phi) is 42.9. The number of aromatic hydroxyl groups is 1. The van der Waals surface area contributed by atoms with E-state index in [1.807, 2.05) is 72.8 Å². The Balaban J connectivity index is 0.000000199. The van der Waals surface area contributed by atoms with Crippen LogP contribution in [-0.4, -0.2) is 277 Å². The fourth-order valence-electron chi connectivity index (χ4n) is 15.1. The Hall–Kier alpha value is -9.25. The van der Waals surface area contributed by atoms with E-state index >= 15 is 0 Å². The van der Waals surface area contributed by atoms with Gasteiger partial charge in [0.1, 0.15) is 30.5 Å². The molecule has 3 heterocycles. The highest BCUT2D eigenvalue weighted by Crippen LogP contribution is 2.36. The predicted octanol–water partition coefficient (Wildman–Crippen LogP) is 14.3. The molecule has 3 aliphatic rings. The number of piperazine rings is 3. The van der Waals surface area contributed by atoms with Gasteiger partial charge in [-0.05, 0) is 107 Å². The minimum absolute atomic E-state index is 0.0513. The second kappa shape index (κ2) is 55.1. The van der Waals surface area contributed by atoms with Crippen LogP contribution < -0.4 is 9.47 Å². The average molecular weight is 1670 g/mol. The van der Waals surface area contributed by atoms with Gasteiger partial charge in [-0.25, -0.2) is 0 Å². The molecule has 22 heteroatoms. The van der Waals surface area contributed by atoms with Gasteiger partial charge in [0, 0.05) is 129 Å². The number of Topliss-reactive ketones (excluding diaryl/α,β-unsaturated/α-hetero) is 3. The number of benzene rings is 9. The Morgan fingerprint density at radius 3 is 0.770 bits per heavy atom. The predicted molar refractivity (Wildman–Crippen MR) is 477 cm³/mol. The fraction of sp³-hybridized carbons (Fsp3) is 0.430. The molecule has 0 radical (unpaired) electrons. The Labute approximate surface area is 723 Å². The number of ketones is 3. The van der Waals surface area contributed by atoms with E-state index in [2.05, 4.69) is 187 Å². The van der Waals surface area contributed by atoms with Crippen LogP contribution >= 0.6 is 0 Å². The molecule has 1 N–H and O–H groups in total. The molecule has 3 atom stereocenters. The molecule has 0 spiro atoms. The van der Waals surface area contributed by atoms with Crippen LogP contribution in [0.4, 0.5) is 0 Å². The SMILES string of the molecule is CC(=O)c1ccc(C(c2cccc(O)c2)N2CCN(Cc3ccccc3)CC2)cc1.COCCOCCOCCOCCOCCOCCOCCOc1cccc(C(c2ccc(C(C)=O)cc2)N2CCN(Cc3ccccc3)CC2)c1.COCCOCCOCCOc1cccc(C(c2ccc(C(C)=O)cc2)N2CCN(Cc3ccccc3)CC2)c1. The third-order valence-corrected chi connectivity index (χ3v) is 21.6. The number of phenols is 1. The number of hydrogen-bond donors (Lipinski definition) is 1. The number of phenolic OH excluding ortho intramolecular Hbond substituents is 1. The zero-order valence-electron chi connectivity index (χ0n) is 72.3. The monoisotopic (exact) mass is 1670 g/mol. The summed E-state index contributed by atoms with van der Waals surface area (Å²) in [5.41, 5.74) is 13.1. The molecule has 654 valence electrons. The van der Waals surface area contributed by atoms with Crippen LogP contribution in [0.3, 0.4) is 0 Å². The number of ether oxygens (including phenoxy) is 12. The summed E-state index contributed by atoms with van der Waals surface area (Å²) in [4.78, 5) is 50.6. The van der Waals surface area contributed by atoms with E-state index in [1.165, 1.54) is 27.8 Å². The van der Waals surface area contributed by atoms with Crippen molar-refractivity contribution >= 4 is 17.3 Å². The smallest absolute Gasteiger partial charge is 0.159 e. The van der Waals surface area contributed by atoms with Crippen molar-refractivity contribution in [3.8, 4) is 17.2 Å². The van der Waals surface area contributed by atoms with Crippen molar-refractivity contribution in [1.82, 2.24) is 29.4 Å². The molecule has 3 aliphatic heterocycles. The molecular formula is C100H128N6O16. The van der Waals surface area contributed by atoms with E-state index in [1.54, 1.807) is 41.1 Å².